The summed E-state index contributed by atoms with van der Waals surface area (Å²) in [6, 6.07) is 0. The fourth-order valence-corrected chi connectivity index (χ4v) is 2.35. The quantitative estimate of drug-likeness (QED) is 0.842. The van der Waals surface area contributed by atoms with Crippen LogP contribution in [0.5, 0.6) is 0 Å². The second-order valence-electron chi connectivity index (χ2n) is 5.06. The summed E-state index contributed by atoms with van der Waals surface area (Å²) in [5, 5.41) is 12.6. The van der Waals surface area contributed by atoms with E-state index in [-0.39, 0.29) is 0 Å². The molecule has 94 valence electrons. The van der Waals surface area contributed by atoms with Gasteiger partial charge in [0.25, 0.3) is 0 Å². The van der Waals surface area contributed by atoms with Gasteiger partial charge in [-0.2, -0.15) is 0 Å². The van der Waals surface area contributed by atoms with Crippen LogP contribution >= 0.6 is 0 Å². The number of aliphatic carboxylic acids is 1. The molecule has 5 nitrogen and oxygen atoms in total. The lowest BCUT2D eigenvalue weighted by Gasteiger charge is -2.36. The summed E-state index contributed by atoms with van der Waals surface area (Å²) in [6.45, 7) is 2.17. The molecule has 0 saturated heterocycles. The summed E-state index contributed by atoms with van der Waals surface area (Å²) < 4.78 is 1.81. The minimum absolute atomic E-state index is 0.616. The summed E-state index contributed by atoms with van der Waals surface area (Å²) in [6.07, 6.45) is 6.70. The van der Waals surface area contributed by atoms with E-state index in [4.69, 9.17) is 0 Å². The van der Waals surface area contributed by atoms with Crippen molar-refractivity contribution in [2.45, 2.75) is 38.1 Å². The second kappa shape index (κ2) is 4.39. The van der Waals surface area contributed by atoms with Crippen molar-refractivity contribution in [3.05, 3.63) is 12.4 Å². The minimum Gasteiger partial charge on any atom is -0.480 e. The van der Waals surface area contributed by atoms with E-state index in [1.807, 2.05) is 17.8 Å². The van der Waals surface area contributed by atoms with E-state index in [0.29, 0.717) is 24.7 Å². The van der Waals surface area contributed by atoms with Crippen LogP contribution in [0, 0.1) is 5.92 Å². The van der Waals surface area contributed by atoms with Crippen molar-refractivity contribution >= 4 is 11.9 Å². The molecule has 17 heavy (non-hydrogen) atoms. The van der Waals surface area contributed by atoms with Crippen molar-refractivity contribution in [3.8, 4) is 0 Å². The van der Waals surface area contributed by atoms with Gasteiger partial charge in [-0.15, -0.1) is 0 Å². The average molecular weight is 237 g/mol. The zero-order valence-electron chi connectivity index (χ0n) is 10.3. The topological polar surface area (TPSA) is 67.2 Å². The first kappa shape index (κ1) is 12.0. The number of aromatic nitrogens is 2. The Kier molecular flexibility index (Phi) is 3.09. The van der Waals surface area contributed by atoms with Crippen LogP contribution < -0.4 is 5.32 Å². The molecule has 2 rings (SSSR count). The molecule has 0 spiro atoms. The highest BCUT2D eigenvalue weighted by Crippen LogP contribution is 2.34. The number of hydrogen-bond donors (Lipinski definition) is 2. The first-order valence-corrected chi connectivity index (χ1v) is 6.02. The largest absolute Gasteiger partial charge is 0.480 e. The minimum atomic E-state index is -0.842. The van der Waals surface area contributed by atoms with E-state index >= 15 is 0 Å². The molecule has 0 radical (unpaired) electrons. The van der Waals surface area contributed by atoms with Crippen LogP contribution in [0.4, 0.5) is 5.95 Å². The number of nitrogens with zero attached hydrogens (tertiary/aromatic N) is 2. The number of nitrogens with one attached hydrogen (secondary N) is 1. The fraction of sp³-hybridized carbons (Fsp3) is 0.667. The summed E-state index contributed by atoms with van der Waals surface area (Å²) in [5.74, 6) is 0.472. The van der Waals surface area contributed by atoms with Crippen LogP contribution in [0.2, 0.25) is 0 Å². The molecule has 1 aromatic heterocycles. The van der Waals surface area contributed by atoms with Crippen molar-refractivity contribution in [3.63, 3.8) is 0 Å². The standard InChI is InChI=1S/C12H19N3O2/c1-9-3-5-12(6-4-9,10(16)17)14-11-13-7-8-15(11)2/h7-9H,3-6H2,1-2H3,(H,13,14)(H,16,17). The van der Waals surface area contributed by atoms with Gasteiger partial charge >= 0.3 is 5.97 Å². The van der Waals surface area contributed by atoms with Gasteiger partial charge in [0.05, 0.1) is 0 Å². The maximum Gasteiger partial charge on any atom is 0.329 e. The number of anilines is 1. The summed E-state index contributed by atoms with van der Waals surface area (Å²) in [5.41, 5.74) is -0.842. The molecular weight excluding hydrogens is 218 g/mol. The van der Waals surface area contributed by atoms with Gasteiger partial charge in [0, 0.05) is 19.4 Å². The molecule has 0 aromatic carbocycles. The Hall–Kier alpha value is -1.52. The van der Waals surface area contributed by atoms with Crippen LogP contribution in [0.15, 0.2) is 12.4 Å². The first-order valence-electron chi connectivity index (χ1n) is 6.02. The first-order chi connectivity index (χ1) is 8.03. The van der Waals surface area contributed by atoms with Crippen LogP contribution in [0.3, 0.4) is 0 Å². The van der Waals surface area contributed by atoms with Crippen LogP contribution in [0.1, 0.15) is 32.6 Å². The Balaban J connectivity index is 2.18. The van der Waals surface area contributed by atoms with Crippen molar-refractivity contribution in [1.29, 1.82) is 0 Å². The van der Waals surface area contributed by atoms with Gasteiger partial charge in [-0.05, 0) is 31.6 Å². The lowest BCUT2D eigenvalue weighted by Crippen LogP contribution is -2.49. The highest BCUT2D eigenvalue weighted by Gasteiger charge is 2.41. The molecule has 1 aliphatic rings. The second-order valence-corrected chi connectivity index (χ2v) is 5.06. The Morgan fingerprint density at radius 1 is 1.59 bits per heavy atom. The summed E-state index contributed by atoms with van der Waals surface area (Å²) in [7, 11) is 1.86. The predicted octanol–water partition coefficient (Wildman–Crippen LogP) is 1.87. The highest BCUT2D eigenvalue weighted by atomic mass is 16.4. The fourth-order valence-electron chi connectivity index (χ4n) is 2.35. The Morgan fingerprint density at radius 2 is 2.24 bits per heavy atom. The third kappa shape index (κ3) is 2.28. The zero-order valence-corrected chi connectivity index (χ0v) is 10.3. The molecule has 1 fully saturated rings. The number of carboxylic acid groups (broad SMARTS) is 1. The molecule has 0 atom stereocenters. The number of carboxylic acids is 1. The van der Waals surface area contributed by atoms with Crippen LogP contribution in [-0.2, 0) is 11.8 Å². The molecule has 0 bridgehead atoms. The maximum absolute atomic E-state index is 11.5. The van der Waals surface area contributed by atoms with E-state index in [1.54, 1.807) is 6.20 Å². The summed E-state index contributed by atoms with van der Waals surface area (Å²) in [4.78, 5) is 15.7. The van der Waals surface area contributed by atoms with Crippen LogP contribution in [0.25, 0.3) is 0 Å². The van der Waals surface area contributed by atoms with Gasteiger partial charge in [0.15, 0.2) is 0 Å². The number of rotatable bonds is 3. The van der Waals surface area contributed by atoms with Crippen molar-refractivity contribution in [2.75, 3.05) is 5.32 Å². The smallest absolute Gasteiger partial charge is 0.329 e. The lowest BCUT2D eigenvalue weighted by molar-refractivity contribution is -0.143. The van der Waals surface area contributed by atoms with Gasteiger partial charge < -0.3 is 15.0 Å². The van der Waals surface area contributed by atoms with E-state index in [0.717, 1.165) is 12.8 Å². The SMILES string of the molecule is CC1CCC(Nc2nccn2C)(C(=O)O)CC1. The molecule has 1 heterocycles. The third-order valence-corrected chi connectivity index (χ3v) is 3.71. The average Bonchev–Trinajstić information content (AvgIpc) is 2.68. The van der Waals surface area contributed by atoms with E-state index in [2.05, 4.69) is 17.2 Å². The van der Waals surface area contributed by atoms with Gasteiger partial charge in [0.1, 0.15) is 5.54 Å². The number of imidazole rings is 1. The Morgan fingerprint density at radius 3 is 2.71 bits per heavy atom. The molecule has 0 aliphatic heterocycles. The molecule has 2 N–H and O–H groups in total. The number of aryl methyl sites for hydroxylation is 1. The Labute approximate surface area is 101 Å². The van der Waals surface area contributed by atoms with Gasteiger partial charge in [-0.1, -0.05) is 6.92 Å². The molecule has 1 aromatic rings. The Bertz CT molecular complexity index is 406. The normalized spacial score (nSPS) is 28.9. The molecule has 5 heteroatoms. The van der Waals surface area contributed by atoms with Gasteiger partial charge in [-0.25, -0.2) is 9.78 Å². The predicted molar refractivity (Wildman–Crippen MR) is 64.8 cm³/mol. The van der Waals surface area contributed by atoms with E-state index < -0.39 is 11.5 Å². The molecule has 1 saturated carbocycles. The van der Waals surface area contributed by atoms with E-state index in [1.165, 1.54) is 0 Å². The van der Waals surface area contributed by atoms with Crippen LogP contribution in [-0.4, -0.2) is 26.2 Å². The third-order valence-electron chi connectivity index (χ3n) is 3.71. The monoisotopic (exact) mass is 237 g/mol. The molecule has 0 amide bonds. The molecule has 0 unspecified atom stereocenters. The number of hydrogen-bond acceptors (Lipinski definition) is 3. The van der Waals surface area contributed by atoms with Gasteiger partial charge in [0.2, 0.25) is 5.95 Å². The van der Waals surface area contributed by atoms with E-state index in [9.17, 15) is 9.90 Å². The summed E-state index contributed by atoms with van der Waals surface area (Å²) >= 11 is 0. The maximum atomic E-state index is 11.5. The number of carbonyl (C=O) groups is 1. The van der Waals surface area contributed by atoms with Crippen molar-refractivity contribution in [1.82, 2.24) is 9.55 Å². The lowest BCUT2D eigenvalue weighted by atomic mass is 9.77. The zero-order chi connectivity index (χ0) is 12.5. The van der Waals surface area contributed by atoms with Crippen molar-refractivity contribution in [2.24, 2.45) is 13.0 Å². The highest BCUT2D eigenvalue weighted by molar-refractivity contribution is 5.82. The van der Waals surface area contributed by atoms with Crippen molar-refractivity contribution < 1.29 is 9.90 Å². The molecule has 1 aliphatic carbocycles. The van der Waals surface area contributed by atoms with Gasteiger partial charge in [-0.3, -0.25) is 0 Å². The molecular formula is C12H19N3O2.